The number of rotatable bonds is 2. The molecular weight excluding hydrogens is 196 g/mol. The second-order valence-corrected chi connectivity index (χ2v) is 3.62. The van der Waals surface area contributed by atoms with Crippen molar-refractivity contribution in [2.45, 2.75) is 9.92 Å². The second-order valence-electron chi connectivity index (χ2n) is 2.56. The van der Waals surface area contributed by atoms with Gasteiger partial charge in [0.25, 0.3) is 0 Å². The molecule has 0 saturated carbocycles. The summed E-state index contributed by atoms with van der Waals surface area (Å²) in [5, 5.41) is 0.812. The molecule has 14 heavy (non-hydrogen) atoms. The van der Waals surface area contributed by atoms with Gasteiger partial charge in [-0.25, -0.2) is 4.98 Å². The van der Waals surface area contributed by atoms with Gasteiger partial charge in [0.1, 0.15) is 5.03 Å². The van der Waals surface area contributed by atoms with E-state index < -0.39 is 0 Å². The largest absolute Gasteiger partial charge is 0.398 e. The number of nitrogens with two attached hydrogens (primary N) is 1. The Morgan fingerprint density at radius 2 is 1.93 bits per heavy atom. The Balaban J connectivity index is 2.24. The third-order valence-corrected chi connectivity index (χ3v) is 2.55. The van der Waals surface area contributed by atoms with Crippen molar-refractivity contribution in [1.29, 1.82) is 0 Å². The zero-order valence-electron chi connectivity index (χ0n) is 7.29. The molecule has 0 spiro atoms. The first kappa shape index (κ1) is 8.96. The molecule has 2 heterocycles. The first-order valence-corrected chi connectivity index (χ1v) is 4.81. The summed E-state index contributed by atoms with van der Waals surface area (Å²) in [6.07, 6.45) is 8.35. The molecule has 0 fully saturated rings. The van der Waals surface area contributed by atoms with Crippen LogP contribution in [0.4, 0.5) is 5.69 Å². The monoisotopic (exact) mass is 204 g/mol. The van der Waals surface area contributed by atoms with Gasteiger partial charge in [-0.3, -0.25) is 9.97 Å². The molecular formula is C9H8N4S. The smallest absolute Gasteiger partial charge is 0.119 e. The topological polar surface area (TPSA) is 64.7 Å². The normalized spacial score (nSPS) is 10.0. The number of pyridine rings is 1. The predicted molar refractivity (Wildman–Crippen MR) is 54.8 cm³/mol. The molecule has 0 aliphatic carbocycles. The number of nitrogen functional groups attached to an aromatic ring is 1. The maximum absolute atomic E-state index is 5.76. The van der Waals surface area contributed by atoms with E-state index >= 15 is 0 Å². The Labute approximate surface area is 85.6 Å². The summed E-state index contributed by atoms with van der Waals surface area (Å²) in [6.45, 7) is 0. The van der Waals surface area contributed by atoms with Crippen LogP contribution >= 0.6 is 11.8 Å². The van der Waals surface area contributed by atoms with E-state index in [0.717, 1.165) is 9.92 Å². The lowest BCUT2D eigenvalue weighted by atomic mass is 10.4. The highest BCUT2D eigenvalue weighted by Crippen LogP contribution is 2.28. The summed E-state index contributed by atoms with van der Waals surface area (Å²) in [7, 11) is 0. The molecule has 0 aliphatic heterocycles. The quantitative estimate of drug-likeness (QED) is 0.805. The first-order chi connectivity index (χ1) is 6.86. The van der Waals surface area contributed by atoms with Gasteiger partial charge in [0.05, 0.1) is 11.1 Å². The van der Waals surface area contributed by atoms with Crippen LogP contribution in [0.1, 0.15) is 0 Å². The van der Waals surface area contributed by atoms with E-state index in [1.807, 2.05) is 0 Å². The Hall–Kier alpha value is -1.62. The standard InChI is InChI=1S/C9H8N4S/c10-7-1-2-11-5-8(7)14-9-6-12-3-4-13-9/h1-6H,(H2,10,11). The average Bonchev–Trinajstić information content (AvgIpc) is 2.23. The number of aromatic nitrogens is 3. The Kier molecular flexibility index (Phi) is 2.60. The van der Waals surface area contributed by atoms with Crippen LogP contribution in [0.15, 0.2) is 47.0 Å². The molecule has 0 saturated heterocycles. The van der Waals surface area contributed by atoms with Crippen molar-refractivity contribution in [2.75, 3.05) is 5.73 Å². The van der Waals surface area contributed by atoms with Crippen LogP contribution in [0, 0.1) is 0 Å². The third kappa shape index (κ3) is 2.00. The summed E-state index contributed by atoms with van der Waals surface area (Å²) in [4.78, 5) is 13.0. The lowest BCUT2D eigenvalue weighted by Crippen LogP contribution is -1.89. The highest BCUT2D eigenvalue weighted by molar-refractivity contribution is 7.99. The molecule has 0 unspecified atom stereocenters. The molecule has 2 N–H and O–H groups in total. The SMILES string of the molecule is Nc1ccncc1Sc1cnccn1. The highest BCUT2D eigenvalue weighted by Gasteiger charge is 2.01. The molecule has 0 atom stereocenters. The minimum Gasteiger partial charge on any atom is -0.398 e. The zero-order valence-corrected chi connectivity index (χ0v) is 8.11. The van der Waals surface area contributed by atoms with Gasteiger partial charge < -0.3 is 5.73 Å². The van der Waals surface area contributed by atoms with Gasteiger partial charge in [0, 0.05) is 30.5 Å². The number of hydrogen-bond donors (Lipinski definition) is 1. The molecule has 0 amide bonds. The van der Waals surface area contributed by atoms with Crippen LogP contribution < -0.4 is 5.73 Å². The molecule has 2 aromatic rings. The molecule has 70 valence electrons. The van der Waals surface area contributed by atoms with Crippen LogP contribution in [0.2, 0.25) is 0 Å². The summed E-state index contributed by atoms with van der Waals surface area (Å²) in [6, 6.07) is 1.76. The fourth-order valence-corrected chi connectivity index (χ4v) is 1.68. The molecule has 0 aromatic carbocycles. The summed E-state index contributed by atoms with van der Waals surface area (Å²) >= 11 is 1.45. The lowest BCUT2D eigenvalue weighted by Gasteiger charge is -2.01. The van der Waals surface area contributed by atoms with Gasteiger partial charge in [0.2, 0.25) is 0 Å². The molecule has 0 radical (unpaired) electrons. The maximum atomic E-state index is 5.76. The van der Waals surface area contributed by atoms with Gasteiger partial charge >= 0.3 is 0 Å². The van der Waals surface area contributed by atoms with Crippen molar-refractivity contribution in [3.05, 3.63) is 37.1 Å². The van der Waals surface area contributed by atoms with Gasteiger partial charge in [-0.15, -0.1) is 0 Å². The van der Waals surface area contributed by atoms with Gasteiger partial charge in [-0.1, -0.05) is 11.8 Å². The molecule has 5 heteroatoms. The van der Waals surface area contributed by atoms with Crippen LogP contribution in [-0.4, -0.2) is 15.0 Å². The lowest BCUT2D eigenvalue weighted by molar-refractivity contribution is 1.05. The average molecular weight is 204 g/mol. The molecule has 0 bridgehead atoms. The number of nitrogens with zero attached hydrogens (tertiary/aromatic N) is 3. The van der Waals surface area contributed by atoms with Crippen LogP contribution in [0.5, 0.6) is 0 Å². The summed E-state index contributed by atoms with van der Waals surface area (Å²) in [5.41, 5.74) is 6.46. The second kappa shape index (κ2) is 4.06. The fourth-order valence-electron chi connectivity index (χ4n) is 0.927. The molecule has 0 aliphatic rings. The fraction of sp³-hybridized carbons (Fsp3) is 0. The van der Waals surface area contributed by atoms with Gasteiger partial charge in [0.15, 0.2) is 0 Å². The third-order valence-electron chi connectivity index (χ3n) is 1.57. The highest BCUT2D eigenvalue weighted by atomic mass is 32.2. The minimum atomic E-state index is 0.704. The molecule has 2 aromatic heterocycles. The number of anilines is 1. The Bertz CT molecular complexity index is 418. The van der Waals surface area contributed by atoms with Gasteiger partial charge in [-0.2, -0.15) is 0 Å². The van der Waals surface area contributed by atoms with E-state index in [9.17, 15) is 0 Å². The van der Waals surface area contributed by atoms with Crippen molar-refractivity contribution < 1.29 is 0 Å². The molecule has 4 nitrogen and oxygen atoms in total. The van der Waals surface area contributed by atoms with Crippen molar-refractivity contribution in [1.82, 2.24) is 15.0 Å². The van der Waals surface area contributed by atoms with Crippen molar-refractivity contribution in [2.24, 2.45) is 0 Å². The minimum absolute atomic E-state index is 0.704. The van der Waals surface area contributed by atoms with E-state index in [-0.39, 0.29) is 0 Å². The Morgan fingerprint density at radius 3 is 2.64 bits per heavy atom. The van der Waals surface area contributed by atoms with Crippen molar-refractivity contribution >= 4 is 17.4 Å². The van der Waals surface area contributed by atoms with E-state index in [1.54, 1.807) is 37.1 Å². The maximum Gasteiger partial charge on any atom is 0.119 e. The summed E-state index contributed by atoms with van der Waals surface area (Å²) in [5.74, 6) is 0. The van der Waals surface area contributed by atoms with Crippen LogP contribution in [-0.2, 0) is 0 Å². The van der Waals surface area contributed by atoms with Crippen LogP contribution in [0.25, 0.3) is 0 Å². The van der Waals surface area contributed by atoms with Crippen molar-refractivity contribution in [3.8, 4) is 0 Å². The zero-order chi connectivity index (χ0) is 9.80. The molecule has 2 rings (SSSR count). The predicted octanol–water partition coefficient (Wildman–Crippen LogP) is 1.60. The number of hydrogen-bond acceptors (Lipinski definition) is 5. The van der Waals surface area contributed by atoms with E-state index in [4.69, 9.17) is 5.73 Å². The van der Waals surface area contributed by atoms with Crippen LogP contribution in [0.3, 0.4) is 0 Å². The summed E-state index contributed by atoms with van der Waals surface area (Å²) < 4.78 is 0. The van der Waals surface area contributed by atoms with Crippen molar-refractivity contribution in [3.63, 3.8) is 0 Å². The Morgan fingerprint density at radius 1 is 1.07 bits per heavy atom. The van der Waals surface area contributed by atoms with E-state index in [2.05, 4.69) is 15.0 Å². The van der Waals surface area contributed by atoms with Gasteiger partial charge in [-0.05, 0) is 6.07 Å². The first-order valence-electron chi connectivity index (χ1n) is 3.99. The van der Waals surface area contributed by atoms with E-state index in [0.29, 0.717) is 5.69 Å². The van der Waals surface area contributed by atoms with E-state index in [1.165, 1.54) is 11.8 Å².